The smallest absolute Gasteiger partial charge is 0.244 e. The first kappa shape index (κ1) is 15.5. The van der Waals surface area contributed by atoms with E-state index in [1.165, 1.54) is 11.0 Å². The Bertz CT molecular complexity index is 643. The number of para-hydroxylation sites is 1. The first-order chi connectivity index (χ1) is 11.1. The van der Waals surface area contributed by atoms with Gasteiger partial charge in [0, 0.05) is 25.9 Å². The zero-order chi connectivity index (χ0) is 16.2. The van der Waals surface area contributed by atoms with E-state index in [1.807, 2.05) is 11.0 Å². The van der Waals surface area contributed by atoms with Gasteiger partial charge in [-0.2, -0.15) is 0 Å². The predicted octanol–water partition coefficient (Wildman–Crippen LogP) is 1.36. The summed E-state index contributed by atoms with van der Waals surface area (Å²) in [5, 5.41) is 10.8. The summed E-state index contributed by atoms with van der Waals surface area (Å²) in [4.78, 5) is 14.1. The number of amides is 1. The summed E-state index contributed by atoms with van der Waals surface area (Å²) < 4.78 is 7.62. The summed E-state index contributed by atoms with van der Waals surface area (Å²) in [6.45, 7) is 5.73. The maximum absolute atomic E-state index is 12.2. The van der Waals surface area contributed by atoms with Gasteiger partial charge < -0.3 is 9.64 Å². The second-order valence-electron chi connectivity index (χ2n) is 5.93. The van der Waals surface area contributed by atoms with Crippen molar-refractivity contribution in [3.63, 3.8) is 0 Å². The van der Waals surface area contributed by atoms with Crippen LogP contribution >= 0.6 is 0 Å². The molecule has 122 valence electrons. The SMILES string of the molecule is Cc1cccc(C)c1OC1CCN(C(=O)Cn2cnnn2)CC1. The monoisotopic (exact) mass is 315 g/mol. The van der Waals surface area contributed by atoms with Crippen molar-refractivity contribution < 1.29 is 9.53 Å². The molecule has 1 aromatic heterocycles. The van der Waals surface area contributed by atoms with E-state index in [2.05, 4.69) is 41.5 Å². The molecule has 3 rings (SSSR count). The van der Waals surface area contributed by atoms with E-state index in [0.29, 0.717) is 13.1 Å². The van der Waals surface area contributed by atoms with Gasteiger partial charge in [0.1, 0.15) is 24.7 Å². The number of hydrogen-bond donors (Lipinski definition) is 0. The first-order valence-electron chi connectivity index (χ1n) is 7.85. The zero-order valence-electron chi connectivity index (χ0n) is 13.5. The van der Waals surface area contributed by atoms with Gasteiger partial charge in [-0.1, -0.05) is 18.2 Å². The van der Waals surface area contributed by atoms with E-state index in [4.69, 9.17) is 4.74 Å². The van der Waals surface area contributed by atoms with Crippen molar-refractivity contribution in [3.05, 3.63) is 35.7 Å². The number of tetrazole rings is 1. The summed E-state index contributed by atoms with van der Waals surface area (Å²) in [7, 11) is 0. The van der Waals surface area contributed by atoms with Crippen molar-refractivity contribution in [2.24, 2.45) is 0 Å². The van der Waals surface area contributed by atoms with Gasteiger partial charge in [0.15, 0.2) is 0 Å². The van der Waals surface area contributed by atoms with Gasteiger partial charge in [0.2, 0.25) is 5.91 Å². The minimum Gasteiger partial charge on any atom is -0.490 e. The van der Waals surface area contributed by atoms with Crippen molar-refractivity contribution in [3.8, 4) is 5.75 Å². The molecule has 2 heterocycles. The molecule has 0 unspecified atom stereocenters. The number of ether oxygens (including phenoxy) is 1. The van der Waals surface area contributed by atoms with Crippen molar-refractivity contribution in [1.82, 2.24) is 25.1 Å². The van der Waals surface area contributed by atoms with Crippen LogP contribution in [0.4, 0.5) is 0 Å². The molecule has 0 bridgehead atoms. The lowest BCUT2D eigenvalue weighted by Crippen LogP contribution is -2.43. The lowest BCUT2D eigenvalue weighted by Gasteiger charge is -2.32. The zero-order valence-corrected chi connectivity index (χ0v) is 13.5. The van der Waals surface area contributed by atoms with E-state index in [0.717, 1.165) is 29.7 Å². The molecule has 0 saturated carbocycles. The highest BCUT2D eigenvalue weighted by molar-refractivity contribution is 5.75. The Morgan fingerprint density at radius 1 is 1.26 bits per heavy atom. The normalized spacial score (nSPS) is 15.7. The number of nitrogens with zero attached hydrogens (tertiary/aromatic N) is 5. The number of rotatable bonds is 4. The maximum Gasteiger partial charge on any atom is 0.244 e. The van der Waals surface area contributed by atoms with E-state index in [-0.39, 0.29) is 18.6 Å². The molecule has 0 radical (unpaired) electrons. The largest absolute Gasteiger partial charge is 0.490 e. The Morgan fingerprint density at radius 3 is 2.57 bits per heavy atom. The molecule has 0 aliphatic carbocycles. The van der Waals surface area contributed by atoms with Gasteiger partial charge in [-0.15, -0.1) is 5.10 Å². The standard InChI is InChI=1S/C16H21N5O2/c1-12-4-3-5-13(2)16(12)23-14-6-8-20(9-7-14)15(22)10-21-11-17-18-19-21/h3-5,11,14H,6-10H2,1-2H3. The fourth-order valence-corrected chi connectivity index (χ4v) is 2.87. The lowest BCUT2D eigenvalue weighted by molar-refractivity contribution is -0.133. The van der Waals surface area contributed by atoms with E-state index < -0.39 is 0 Å². The number of carbonyl (C=O) groups excluding carboxylic acids is 1. The van der Waals surface area contributed by atoms with Crippen molar-refractivity contribution >= 4 is 5.91 Å². The number of likely N-dealkylation sites (tertiary alicyclic amines) is 1. The molecular weight excluding hydrogens is 294 g/mol. The number of aromatic nitrogens is 4. The summed E-state index contributed by atoms with van der Waals surface area (Å²) in [6.07, 6.45) is 3.30. The van der Waals surface area contributed by atoms with Gasteiger partial charge in [0.05, 0.1) is 0 Å². The van der Waals surface area contributed by atoms with Gasteiger partial charge >= 0.3 is 0 Å². The minimum atomic E-state index is 0.0443. The van der Waals surface area contributed by atoms with Crippen LogP contribution in [0.5, 0.6) is 5.75 Å². The van der Waals surface area contributed by atoms with Crippen molar-refractivity contribution in [1.29, 1.82) is 0 Å². The summed E-state index contributed by atoms with van der Waals surface area (Å²) in [5.41, 5.74) is 2.31. The van der Waals surface area contributed by atoms with E-state index in [1.54, 1.807) is 0 Å². The topological polar surface area (TPSA) is 73.1 Å². The predicted molar refractivity (Wildman–Crippen MR) is 84.0 cm³/mol. The molecule has 0 spiro atoms. The third-order valence-electron chi connectivity index (χ3n) is 4.18. The molecule has 7 nitrogen and oxygen atoms in total. The Labute approximate surface area is 135 Å². The van der Waals surface area contributed by atoms with Crippen LogP contribution in [0, 0.1) is 13.8 Å². The van der Waals surface area contributed by atoms with Crippen molar-refractivity contribution in [2.75, 3.05) is 13.1 Å². The summed E-state index contributed by atoms with van der Waals surface area (Å²) >= 11 is 0. The molecule has 1 aliphatic rings. The third kappa shape index (κ3) is 3.67. The molecule has 0 atom stereocenters. The van der Waals surface area contributed by atoms with Crippen LogP contribution in [-0.2, 0) is 11.3 Å². The molecule has 1 amide bonds. The van der Waals surface area contributed by atoms with Crippen LogP contribution in [0.15, 0.2) is 24.5 Å². The average molecular weight is 315 g/mol. The number of carbonyl (C=O) groups is 1. The number of aryl methyl sites for hydroxylation is 2. The Hall–Kier alpha value is -2.44. The molecule has 2 aromatic rings. The van der Waals surface area contributed by atoms with Crippen LogP contribution < -0.4 is 4.74 Å². The fraction of sp³-hybridized carbons (Fsp3) is 0.500. The Morgan fingerprint density at radius 2 is 1.96 bits per heavy atom. The molecular formula is C16H21N5O2. The molecule has 1 aliphatic heterocycles. The Balaban J connectivity index is 1.53. The number of piperidine rings is 1. The Kier molecular flexibility index (Phi) is 4.55. The van der Waals surface area contributed by atoms with Crippen LogP contribution in [0.2, 0.25) is 0 Å². The highest BCUT2D eigenvalue weighted by Gasteiger charge is 2.24. The summed E-state index contributed by atoms with van der Waals surface area (Å²) in [5.74, 6) is 1.02. The highest BCUT2D eigenvalue weighted by Crippen LogP contribution is 2.26. The first-order valence-corrected chi connectivity index (χ1v) is 7.85. The quantitative estimate of drug-likeness (QED) is 0.852. The molecule has 1 aromatic carbocycles. The van der Waals surface area contributed by atoms with Gasteiger partial charge in [-0.25, -0.2) is 4.68 Å². The van der Waals surface area contributed by atoms with Crippen molar-refractivity contribution in [2.45, 2.75) is 39.3 Å². The molecule has 7 heteroatoms. The second kappa shape index (κ2) is 6.76. The van der Waals surface area contributed by atoms with Crippen LogP contribution in [0.25, 0.3) is 0 Å². The molecule has 1 saturated heterocycles. The number of benzene rings is 1. The van der Waals surface area contributed by atoms with Gasteiger partial charge in [-0.3, -0.25) is 4.79 Å². The molecule has 0 N–H and O–H groups in total. The van der Waals surface area contributed by atoms with Crippen LogP contribution in [0.1, 0.15) is 24.0 Å². The van der Waals surface area contributed by atoms with E-state index >= 15 is 0 Å². The maximum atomic E-state index is 12.2. The van der Waals surface area contributed by atoms with Crippen LogP contribution in [0.3, 0.4) is 0 Å². The fourth-order valence-electron chi connectivity index (χ4n) is 2.87. The molecule has 1 fully saturated rings. The lowest BCUT2D eigenvalue weighted by atomic mass is 10.1. The van der Waals surface area contributed by atoms with E-state index in [9.17, 15) is 4.79 Å². The molecule has 23 heavy (non-hydrogen) atoms. The third-order valence-corrected chi connectivity index (χ3v) is 4.18. The van der Waals surface area contributed by atoms with Gasteiger partial charge in [-0.05, 0) is 35.4 Å². The number of hydrogen-bond acceptors (Lipinski definition) is 5. The van der Waals surface area contributed by atoms with Crippen LogP contribution in [-0.4, -0.2) is 50.2 Å². The average Bonchev–Trinajstić information content (AvgIpc) is 3.04. The second-order valence-corrected chi connectivity index (χ2v) is 5.93. The highest BCUT2D eigenvalue weighted by atomic mass is 16.5. The minimum absolute atomic E-state index is 0.0443. The summed E-state index contributed by atoms with van der Waals surface area (Å²) in [6, 6.07) is 6.16. The van der Waals surface area contributed by atoms with Gasteiger partial charge in [0.25, 0.3) is 0 Å².